The molecule has 0 atom stereocenters. The van der Waals surface area contributed by atoms with Crippen molar-refractivity contribution in [3.63, 3.8) is 0 Å². The van der Waals surface area contributed by atoms with Crippen molar-refractivity contribution < 1.29 is 14.3 Å². The Morgan fingerprint density at radius 3 is 2.53 bits per heavy atom. The molecule has 9 nitrogen and oxygen atoms in total. The molecule has 0 spiro atoms. The zero-order valence-corrected chi connectivity index (χ0v) is 17.9. The molecule has 0 bridgehead atoms. The predicted molar refractivity (Wildman–Crippen MR) is 119 cm³/mol. The molecule has 0 N–H and O–H groups in total. The van der Waals surface area contributed by atoms with E-state index in [9.17, 15) is 14.4 Å². The second-order valence-electron chi connectivity index (χ2n) is 7.04. The van der Waals surface area contributed by atoms with Gasteiger partial charge in [-0.1, -0.05) is 24.3 Å². The Morgan fingerprint density at radius 2 is 1.81 bits per heavy atom. The number of nitrogens with zero attached hydrogens (tertiary/aromatic N) is 4. The van der Waals surface area contributed by atoms with Crippen LogP contribution in [0.2, 0.25) is 0 Å². The first kappa shape index (κ1) is 21.1. The number of ether oxygens (including phenoxy) is 2. The maximum atomic E-state index is 13.2. The number of imidazole rings is 1. The second kappa shape index (κ2) is 8.54. The van der Waals surface area contributed by atoms with E-state index >= 15 is 0 Å². The van der Waals surface area contributed by atoms with Gasteiger partial charge in [0.15, 0.2) is 16.9 Å². The average Bonchev–Trinajstić information content (AvgIpc) is 3.23. The Labute approximate surface area is 183 Å². The highest BCUT2D eigenvalue weighted by Gasteiger charge is 2.21. The van der Waals surface area contributed by atoms with Crippen molar-refractivity contribution in [2.75, 3.05) is 14.2 Å². The van der Waals surface area contributed by atoms with Crippen LogP contribution >= 0.6 is 0 Å². The van der Waals surface area contributed by atoms with E-state index in [0.29, 0.717) is 22.7 Å². The van der Waals surface area contributed by atoms with Crippen LogP contribution in [0.25, 0.3) is 16.9 Å². The maximum absolute atomic E-state index is 13.2. The summed E-state index contributed by atoms with van der Waals surface area (Å²) in [6.07, 6.45) is 1.40. The summed E-state index contributed by atoms with van der Waals surface area (Å²) in [6.45, 7) is 1.76. The number of aromatic nitrogens is 4. The van der Waals surface area contributed by atoms with Gasteiger partial charge < -0.3 is 14.0 Å². The molecular weight excluding hydrogens is 412 g/mol. The van der Waals surface area contributed by atoms with Crippen molar-refractivity contribution >= 4 is 16.9 Å². The molecule has 0 aliphatic rings. The summed E-state index contributed by atoms with van der Waals surface area (Å²) in [5.74, 6) is 0.796. The van der Waals surface area contributed by atoms with Crippen molar-refractivity contribution in [3.8, 4) is 17.2 Å². The first-order valence-corrected chi connectivity index (χ1v) is 10.0. The van der Waals surface area contributed by atoms with Crippen LogP contribution in [0.4, 0.5) is 0 Å². The van der Waals surface area contributed by atoms with Crippen LogP contribution in [0, 0.1) is 0 Å². The Kier molecular flexibility index (Phi) is 5.63. The third-order valence-electron chi connectivity index (χ3n) is 5.25. The molecule has 0 saturated heterocycles. The molecule has 32 heavy (non-hydrogen) atoms. The summed E-state index contributed by atoms with van der Waals surface area (Å²) in [5.41, 5.74) is 0.186. The van der Waals surface area contributed by atoms with Crippen LogP contribution in [0.5, 0.6) is 11.5 Å². The number of para-hydroxylation sites is 2. The molecule has 0 amide bonds. The summed E-state index contributed by atoms with van der Waals surface area (Å²) in [4.78, 5) is 43.6. The largest absolute Gasteiger partial charge is 0.497 e. The minimum absolute atomic E-state index is 0.118. The fourth-order valence-corrected chi connectivity index (χ4v) is 3.65. The van der Waals surface area contributed by atoms with Gasteiger partial charge >= 0.3 is 5.69 Å². The molecule has 2 aromatic heterocycles. The summed E-state index contributed by atoms with van der Waals surface area (Å²) in [5, 5.41) is 0. The van der Waals surface area contributed by atoms with E-state index in [1.54, 1.807) is 55.5 Å². The van der Waals surface area contributed by atoms with E-state index in [-0.39, 0.29) is 30.0 Å². The normalized spacial score (nSPS) is 11.0. The number of Topliss-reactive ketones (excluding diaryl/α,β-unsaturated/α-hetero) is 1. The van der Waals surface area contributed by atoms with E-state index < -0.39 is 11.2 Å². The highest BCUT2D eigenvalue weighted by atomic mass is 16.5. The van der Waals surface area contributed by atoms with Crippen LogP contribution < -0.4 is 20.7 Å². The van der Waals surface area contributed by atoms with Gasteiger partial charge in [-0.2, -0.15) is 0 Å². The van der Waals surface area contributed by atoms with Gasteiger partial charge in [0.2, 0.25) is 0 Å². The molecule has 2 heterocycles. The zero-order valence-electron chi connectivity index (χ0n) is 17.9. The quantitative estimate of drug-likeness (QED) is 0.414. The molecule has 164 valence electrons. The van der Waals surface area contributed by atoms with Gasteiger partial charge in [-0.15, -0.1) is 0 Å². The van der Waals surface area contributed by atoms with E-state index in [2.05, 4.69) is 4.98 Å². The van der Waals surface area contributed by atoms with Crippen LogP contribution in [-0.2, 0) is 13.1 Å². The average molecular weight is 434 g/mol. The Hall–Kier alpha value is -4.14. The monoisotopic (exact) mass is 434 g/mol. The highest BCUT2D eigenvalue weighted by Crippen LogP contribution is 2.23. The van der Waals surface area contributed by atoms with E-state index in [1.165, 1.54) is 29.7 Å². The van der Waals surface area contributed by atoms with Gasteiger partial charge in [0.05, 0.1) is 32.8 Å². The topological polar surface area (TPSA) is 97.4 Å². The fraction of sp³-hybridized carbons (Fsp3) is 0.217. The van der Waals surface area contributed by atoms with Crippen molar-refractivity contribution in [1.29, 1.82) is 0 Å². The lowest BCUT2D eigenvalue weighted by atomic mass is 10.1. The number of methoxy groups -OCH3 is 2. The lowest BCUT2D eigenvalue weighted by Gasteiger charge is -2.14. The third kappa shape index (κ3) is 3.47. The predicted octanol–water partition coefficient (Wildman–Crippen LogP) is 2.27. The van der Waals surface area contributed by atoms with Crippen molar-refractivity contribution in [3.05, 3.63) is 81.3 Å². The van der Waals surface area contributed by atoms with Gasteiger partial charge in [-0.25, -0.2) is 14.3 Å². The van der Waals surface area contributed by atoms with Gasteiger partial charge in [0.25, 0.3) is 5.56 Å². The molecule has 0 fully saturated rings. The zero-order chi connectivity index (χ0) is 22.8. The van der Waals surface area contributed by atoms with Crippen molar-refractivity contribution in [2.45, 2.75) is 20.0 Å². The first-order chi connectivity index (χ1) is 15.5. The Bertz CT molecular complexity index is 1430. The molecular formula is C23H22N4O5. The number of hydrogen-bond donors (Lipinski definition) is 0. The molecule has 9 heteroatoms. The van der Waals surface area contributed by atoms with Gasteiger partial charge in [-0.3, -0.25) is 14.2 Å². The lowest BCUT2D eigenvalue weighted by molar-refractivity contribution is 0.0973. The fourth-order valence-electron chi connectivity index (χ4n) is 3.65. The van der Waals surface area contributed by atoms with E-state index in [0.717, 1.165) is 4.57 Å². The number of carbonyl (C=O) groups is 1. The molecule has 0 saturated carbocycles. The number of rotatable bonds is 7. The summed E-state index contributed by atoms with van der Waals surface area (Å²) in [7, 11) is 3.03. The van der Waals surface area contributed by atoms with Crippen LogP contribution in [-0.4, -0.2) is 38.7 Å². The first-order valence-electron chi connectivity index (χ1n) is 10.0. The number of carbonyl (C=O) groups excluding carboxylic acids is 1. The number of benzene rings is 2. The molecule has 2 aromatic carbocycles. The van der Waals surface area contributed by atoms with E-state index in [4.69, 9.17) is 9.47 Å². The van der Waals surface area contributed by atoms with E-state index in [1.807, 2.05) is 0 Å². The number of ketones is 1. The molecule has 4 rings (SSSR count). The second-order valence-corrected chi connectivity index (χ2v) is 7.04. The van der Waals surface area contributed by atoms with Gasteiger partial charge in [0, 0.05) is 12.1 Å². The SMILES string of the molecule is CCn1c(=O)c2c(ncn2CC(=O)c2cccc(OC)c2)n(-c2ccccc2OC)c1=O. The molecule has 4 aromatic rings. The Balaban J connectivity index is 1.91. The summed E-state index contributed by atoms with van der Waals surface area (Å²) >= 11 is 0. The summed E-state index contributed by atoms with van der Waals surface area (Å²) in [6, 6.07) is 13.8. The number of hydrogen-bond acceptors (Lipinski definition) is 6. The molecule has 0 aliphatic carbocycles. The molecule has 0 radical (unpaired) electrons. The van der Waals surface area contributed by atoms with Crippen LogP contribution in [0.1, 0.15) is 17.3 Å². The Morgan fingerprint density at radius 1 is 1.03 bits per heavy atom. The number of fused-ring (bicyclic) bond motifs is 1. The minimum Gasteiger partial charge on any atom is -0.497 e. The third-order valence-corrected chi connectivity index (χ3v) is 5.25. The highest BCUT2D eigenvalue weighted by molar-refractivity contribution is 5.96. The summed E-state index contributed by atoms with van der Waals surface area (Å²) < 4.78 is 14.5. The van der Waals surface area contributed by atoms with Gasteiger partial charge in [0.1, 0.15) is 11.5 Å². The minimum atomic E-state index is -0.529. The van der Waals surface area contributed by atoms with Crippen LogP contribution in [0.15, 0.2) is 64.4 Å². The molecule has 0 aliphatic heterocycles. The standard InChI is InChI=1S/C23H22N4O5/c1-4-26-22(29)20-21(27(23(26)30)17-10-5-6-11-19(17)32-3)24-14-25(20)13-18(28)15-8-7-9-16(12-15)31-2/h5-12,14H,4,13H2,1-3H3. The van der Waals surface area contributed by atoms with Crippen molar-refractivity contribution in [2.24, 2.45) is 0 Å². The smallest absolute Gasteiger partial charge is 0.337 e. The van der Waals surface area contributed by atoms with Crippen molar-refractivity contribution in [1.82, 2.24) is 18.7 Å². The van der Waals surface area contributed by atoms with Gasteiger partial charge in [-0.05, 0) is 31.2 Å². The lowest BCUT2D eigenvalue weighted by Crippen LogP contribution is -2.39. The molecule has 0 unspecified atom stereocenters. The van der Waals surface area contributed by atoms with Crippen LogP contribution in [0.3, 0.4) is 0 Å². The maximum Gasteiger partial charge on any atom is 0.337 e.